The number of rotatable bonds is 4. The molecule has 3 aliphatic rings. The Balaban J connectivity index is 1.34. The number of fused-ring (bicyclic) bond motifs is 1. The van der Waals surface area contributed by atoms with Crippen LogP contribution in [0.25, 0.3) is 5.65 Å². The smallest absolute Gasteiger partial charge is 0.204 e. The highest BCUT2D eigenvalue weighted by Gasteiger charge is 2.44. The summed E-state index contributed by atoms with van der Waals surface area (Å²) in [7, 11) is 0. The number of hydrogen-bond acceptors (Lipinski definition) is 3. The van der Waals surface area contributed by atoms with Crippen LogP contribution in [0.4, 0.5) is 0 Å². The fourth-order valence-electron chi connectivity index (χ4n) is 4.07. The van der Waals surface area contributed by atoms with Crippen LogP contribution < -0.4 is 4.74 Å². The first kappa shape index (κ1) is 14.3. The number of nitrogens with zero attached hydrogens (tertiary/aromatic N) is 3. The summed E-state index contributed by atoms with van der Waals surface area (Å²) in [5, 5.41) is 8.31. The van der Waals surface area contributed by atoms with Crippen molar-refractivity contribution in [1.29, 1.82) is 0 Å². The summed E-state index contributed by atoms with van der Waals surface area (Å²) in [6, 6.07) is 2.07. The second kappa shape index (κ2) is 5.20. The minimum atomic E-state index is 0.657. The number of halogens is 1. The molecule has 3 saturated carbocycles. The maximum absolute atomic E-state index is 6.29. The lowest BCUT2D eigenvalue weighted by Crippen LogP contribution is -2.21. The van der Waals surface area contributed by atoms with E-state index in [2.05, 4.69) is 38.4 Å². The number of aromatic nitrogens is 3. The van der Waals surface area contributed by atoms with Crippen molar-refractivity contribution in [1.82, 2.24) is 14.6 Å². The minimum absolute atomic E-state index is 0.657. The highest BCUT2D eigenvalue weighted by atomic mass is 79.9. The Morgan fingerprint density at radius 1 is 1.13 bits per heavy atom. The van der Waals surface area contributed by atoms with Crippen molar-refractivity contribution in [2.24, 2.45) is 11.3 Å². The lowest BCUT2D eigenvalue weighted by Gasteiger charge is -2.28. The van der Waals surface area contributed by atoms with E-state index in [9.17, 15) is 0 Å². The van der Waals surface area contributed by atoms with Crippen molar-refractivity contribution in [2.45, 2.75) is 57.3 Å². The standard InChI is InChI=1S/C18H22BrN3O/c19-17-21-20-16-9-15(14(10-22(16)17)13-1-2-13)23-11-12-3-5-18(6-4-12)7-8-18/h9-10,12-13H,1-8,11H2. The largest absolute Gasteiger partial charge is 0.493 e. The van der Waals surface area contributed by atoms with Crippen LogP contribution in [0.5, 0.6) is 5.75 Å². The monoisotopic (exact) mass is 375 g/mol. The summed E-state index contributed by atoms with van der Waals surface area (Å²) in [6.07, 6.45) is 13.2. The van der Waals surface area contributed by atoms with E-state index in [4.69, 9.17) is 4.74 Å². The molecule has 1 spiro atoms. The van der Waals surface area contributed by atoms with Gasteiger partial charge in [0, 0.05) is 17.8 Å². The Kier molecular flexibility index (Phi) is 3.22. The van der Waals surface area contributed by atoms with Crippen LogP contribution in [0.1, 0.15) is 62.8 Å². The first-order chi connectivity index (χ1) is 11.2. The Morgan fingerprint density at radius 3 is 2.61 bits per heavy atom. The average Bonchev–Trinajstić information content (AvgIpc) is 3.49. The fourth-order valence-corrected chi connectivity index (χ4v) is 4.43. The van der Waals surface area contributed by atoms with Gasteiger partial charge in [-0.1, -0.05) is 0 Å². The van der Waals surface area contributed by atoms with Gasteiger partial charge in [0.1, 0.15) is 5.75 Å². The Hall–Kier alpha value is -1.10. The van der Waals surface area contributed by atoms with Crippen molar-refractivity contribution >= 4 is 21.6 Å². The molecule has 5 rings (SSSR count). The number of ether oxygens (including phenoxy) is 1. The van der Waals surface area contributed by atoms with E-state index < -0.39 is 0 Å². The molecule has 0 N–H and O–H groups in total. The molecule has 2 aromatic heterocycles. The fraction of sp³-hybridized carbons (Fsp3) is 0.667. The maximum atomic E-state index is 6.29. The van der Waals surface area contributed by atoms with Gasteiger partial charge in [-0.15, -0.1) is 10.2 Å². The van der Waals surface area contributed by atoms with Crippen molar-refractivity contribution in [3.63, 3.8) is 0 Å². The highest BCUT2D eigenvalue weighted by molar-refractivity contribution is 9.10. The van der Waals surface area contributed by atoms with Crippen LogP contribution in [0.15, 0.2) is 17.0 Å². The molecule has 0 atom stereocenters. The second-order valence-electron chi connectivity index (χ2n) is 7.82. The molecule has 5 heteroatoms. The molecular formula is C18H22BrN3O. The summed E-state index contributed by atoms with van der Waals surface area (Å²) in [5.74, 6) is 2.42. The summed E-state index contributed by atoms with van der Waals surface area (Å²) in [4.78, 5) is 0. The van der Waals surface area contributed by atoms with E-state index in [1.807, 2.05) is 4.40 Å². The van der Waals surface area contributed by atoms with Gasteiger partial charge in [0.25, 0.3) is 0 Å². The third kappa shape index (κ3) is 2.67. The maximum Gasteiger partial charge on any atom is 0.204 e. The summed E-state index contributed by atoms with van der Waals surface area (Å²) < 4.78 is 9.07. The molecule has 0 aromatic carbocycles. The molecule has 2 heterocycles. The zero-order chi connectivity index (χ0) is 15.4. The van der Waals surface area contributed by atoms with Gasteiger partial charge in [-0.3, -0.25) is 4.40 Å². The molecule has 0 bridgehead atoms. The minimum Gasteiger partial charge on any atom is -0.493 e. The molecule has 23 heavy (non-hydrogen) atoms. The predicted octanol–water partition coefficient (Wildman–Crippen LogP) is 4.72. The number of pyridine rings is 1. The van der Waals surface area contributed by atoms with Crippen LogP contribution in [0, 0.1) is 11.3 Å². The van der Waals surface area contributed by atoms with E-state index >= 15 is 0 Å². The SMILES string of the molecule is Brc1nnc2cc(OCC3CCC4(CC3)CC4)c(C3CC3)cn12. The molecule has 122 valence electrons. The first-order valence-electron chi connectivity index (χ1n) is 8.89. The van der Waals surface area contributed by atoms with Crippen LogP contribution in [-0.4, -0.2) is 21.2 Å². The van der Waals surface area contributed by atoms with Gasteiger partial charge < -0.3 is 4.74 Å². The Labute approximate surface area is 144 Å². The van der Waals surface area contributed by atoms with Gasteiger partial charge in [0.05, 0.1) is 6.61 Å². The van der Waals surface area contributed by atoms with Crippen molar-refractivity contribution in [2.75, 3.05) is 6.61 Å². The lowest BCUT2D eigenvalue weighted by molar-refractivity contribution is 0.174. The quantitative estimate of drug-likeness (QED) is 0.775. The molecule has 3 aliphatic carbocycles. The van der Waals surface area contributed by atoms with E-state index in [1.54, 1.807) is 0 Å². The third-order valence-corrected chi connectivity index (χ3v) is 6.65. The van der Waals surface area contributed by atoms with Gasteiger partial charge in [-0.25, -0.2) is 0 Å². The van der Waals surface area contributed by atoms with E-state index in [1.165, 1.54) is 56.9 Å². The van der Waals surface area contributed by atoms with E-state index in [0.717, 1.165) is 34.1 Å². The molecule has 0 amide bonds. The predicted molar refractivity (Wildman–Crippen MR) is 91.8 cm³/mol. The normalized spacial score (nSPS) is 23.5. The van der Waals surface area contributed by atoms with Gasteiger partial charge in [0.2, 0.25) is 4.73 Å². The zero-order valence-electron chi connectivity index (χ0n) is 13.3. The van der Waals surface area contributed by atoms with Crippen LogP contribution in [-0.2, 0) is 0 Å². The molecule has 4 nitrogen and oxygen atoms in total. The lowest BCUT2D eigenvalue weighted by atomic mass is 9.80. The van der Waals surface area contributed by atoms with Crippen LogP contribution in [0.2, 0.25) is 0 Å². The highest BCUT2D eigenvalue weighted by Crippen LogP contribution is 2.57. The van der Waals surface area contributed by atoms with E-state index in [0.29, 0.717) is 5.92 Å². The second-order valence-corrected chi connectivity index (χ2v) is 8.53. The molecule has 0 radical (unpaired) electrons. The first-order valence-corrected chi connectivity index (χ1v) is 9.69. The van der Waals surface area contributed by atoms with Crippen molar-refractivity contribution < 1.29 is 4.74 Å². The topological polar surface area (TPSA) is 39.4 Å². The summed E-state index contributed by atoms with van der Waals surface area (Å²) in [6.45, 7) is 0.862. The van der Waals surface area contributed by atoms with Gasteiger partial charge in [-0.05, 0) is 84.5 Å². The molecule has 0 unspecified atom stereocenters. The Bertz CT molecular complexity index is 738. The van der Waals surface area contributed by atoms with Gasteiger partial charge in [-0.2, -0.15) is 0 Å². The van der Waals surface area contributed by atoms with Crippen LogP contribution in [0.3, 0.4) is 0 Å². The zero-order valence-corrected chi connectivity index (χ0v) is 14.9. The average molecular weight is 376 g/mol. The number of hydrogen-bond donors (Lipinski definition) is 0. The summed E-state index contributed by atoms with van der Waals surface area (Å²) >= 11 is 3.46. The molecule has 2 aromatic rings. The molecule has 0 aliphatic heterocycles. The van der Waals surface area contributed by atoms with Crippen LogP contribution >= 0.6 is 15.9 Å². The molecular weight excluding hydrogens is 354 g/mol. The molecule has 0 saturated heterocycles. The van der Waals surface area contributed by atoms with Gasteiger partial charge >= 0.3 is 0 Å². The summed E-state index contributed by atoms with van der Waals surface area (Å²) in [5.41, 5.74) is 2.95. The third-order valence-electron chi connectivity index (χ3n) is 6.11. The van der Waals surface area contributed by atoms with Gasteiger partial charge in [0.15, 0.2) is 5.65 Å². The van der Waals surface area contributed by atoms with Crippen molar-refractivity contribution in [3.8, 4) is 5.75 Å². The molecule has 3 fully saturated rings. The Morgan fingerprint density at radius 2 is 1.91 bits per heavy atom. The van der Waals surface area contributed by atoms with Crippen molar-refractivity contribution in [3.05, 3.63) is 22.6 Å². The van der Waals surface area contributed by atoms with E-state index in [-0.39, 0.29) is 0 Å².